The summed E-state index contributed by atoms with van der Waals surface area (Å²) < 4.78 is 1.80. The quantitative estimate of drug-likeness (QED) is 0.774. The Labute approximate surface area is 128 Å². The molecule has 0 aliphatic rings. The Balaban J connectivity index is 1.68. The molecule has 0 bridgehead atoms. The largest absolute Gasteiger partial charge is 0.350 e. The first-order chi connectivity index (χ1) is 10.6. The van der Waals surface area contributed by atoms with E-state index in [0.717, 1.165) is 28.1 Å². The zero-order chi connectivity index (χ0) is 15.7. The van der Waals surface area contributed by atoms with Crippen LogP contribution in [0.15, 0.2) is 24.3 Å². The van der Waals surface area contributed by atoms with E-state index in [0.29, 0.717) is 18.8 Å². The minimum atomic E-state index is -0.0943. The molecule has 0 aliphatic carbocycles. The fourth-order valence-electron chi connectivity index (χ4n) is 2.65. The second-order valence-corrected chi connectivity index (χ2v) is 5.36. The summed E-state index contributed by atoms with van der Waals surface area (Å²) in [6.07, 6.45) is 0. The summed E-state index contributed by atoms with van der Waals surface area (Å²) in [4.78, 5) is 19.8. The SMILES string of the molecule is Cc1nc(C)n(CCNC(=O)c2[nH]c3ccccc3c2C)n1. The Kier molecular flexibility index (Phi) is 3.66. The number of carbonyl (C=O) groups is 1. The van der Waals surface area contributed by atoms with E-state index in [1.54, 1.807) is 4.68 Å². The number of aryl methyl sites for hydroxylation is 3. The highest BCUT2D eigenvalue weighted by Crippen LogP contribution is 2.20. The molecule has 0 spiro atoms. The number of hydrogen-bond acceptors (Lipinski definition) is 3. The molecule has 3 aromatic rings. The zero-order valence-corrected chi connectivity index (χ0v) is 13.0. The number of benzene rings is 1. The molecule has 0 aliphatic heterocycles. The van der Waals surface area contributed by atoms with E-state index >= 15 is 0 Å². The summed E-state index contributed by atoms with van der Waals surface area (Å²) in [7, 11) is 0. The van der Waals surface area contributed by atoms with Crippen molar-refractivity contribution in [1.29, 1.82) is 0 Å². The number of rotatable bonds is 4. The molecule has 22 heavy (non-hydrogen) atoms. The lowest BCUT2D eigenvalue weighted by atomic mass is 10.1. The van der Waals surface area contributed by atoms with Crippen LogP contribution in [0.2, 0.25) is 0 Å². The molecule has 1 aromatic carbocycles. The van der Waals surface area contributed by atoms with Crippen LogP contribution in [-0.2, 0) is 6.54 Å². The molecule has 2 aromatic heterocycles. The first-order valence-corrected chi connectivity index (χ1v) is 7.30. The Morgan fingerprint density at radius 2 is 2.05 bits per heavy atom. The van der Waals surface area contributed by atoms with E-state index in [-0.39, 0.29) is 5.91 Å². The lowest BCUT2D eigenvalue weighted by Gasteiger charge is -2.06. The highest BCUT2D eigenvalue weighted by molar-refractivity contribution is 6.00. The minimum Gasteiger partial charge on any atom is -0.350 e. The van der Waals surface area contributed by atoms with Crippen LogP contribution in [0.4, 0.5) is 0 Å². The van der Waals surface area contributed by atoms with Gasteiger partial charge in [-0.05, 0) is 32.4 Å². The first-order valence-electron chi connectivity index (χ1n) is 7.30. The van der Waals surface area contributed by atoms with Crippen molar-refractivity contribution in [1.82, 2.24) is 25.1 Å². The van der Waals surface area contributed by atoms with Crippen LogP contribution in [-0.4, -0.2) is 32.2 Å². The highest BCUT2D eigenvalue weighted by atomic mass is 16.1. The fourth-order valence-corrected chi connectivity index (χ4v) is 2.65. The van der Waals surface area contributed by atoms with Crippen molar-refractivity contribution in [3.05, 3.63) is 47.2 Å². The molecule has 114 valence electrons. The van der Waals surface area contributed by atoms with Gasteiger partial charge in [0.05, 0.1) is 6.54 Å². The van der Waals surface area contributed by atoms with E-state index in [9.17, 15) is 4.79 Å². The number of H-pyrrole nitrogens is 1. The Morgan fingerprint density at radius 1 is 1.27 bits per heavy atom. The molecule has 2 heterocycles. The number of fused-ring (bicyclic) bond motifs is 1. The molecule has 0 saturated heterocycles. The van der Waals surface area contributed by atoms with Gasteiger partial charge in [0.15, 0.2) is 0 Å². The molecule has 0 fully saturated rings. The predicted octanol–water partition coefficient (Wildman–Crippen LogP) is 2.11. The van der Waals surface area contributed by atoms with Gasteiger partial charge in [0.1, 0.15) is 17.3 Å². The van der Waals surface area contributed by atoms with Crippen molar-refractivity contribution in [3.63, 3.8) is 0 Å². The summed E-state index contributed by atoms with van der Waals surface area (Å²) >= 11 is 0. The molecule has 0 saturated carbocycles. The van der Waals surface area contributed by atoms with Gasteiger partial charge in [0, 0.05) is 17.4 Å². The van der Waals surface area contributed by atoms with Crippen molar-refractivity contribution in [2.24, 2.45) is 0 Å². The monoisotopic (exact) mass is 297 g/mol. The molecular weight excluding hydrogens is 278 g/mol. The molecular formula is C16H19N5O. The summed E-state index contributed by atoms with van der Waals surface area (Å²) in [5, 5.41) is 8.28. The van der Waals surface area contributed by atoms with Crippen LogP contribution in [0.5, 0.6) is 0 Å². The van der Waals surface area contributed by atoms with Crippen molar-refractivity contribution in [2.45, 2.75) is 27.3 Å². The Morgan fingerprint density at radius 3 is 2.73 bits per heavy atom. The summed E-state index contributed by atoms with van der Waals surface area (Å²) in [6, 6.07) is 7.91. The van der Waals surface area contributed by atoms with Gasteiger partial charge in [-0.1, -0.05) is 18.2 Å². The second-order valence-electron chi connectivity index (χ2n) is 5.36. The lowest BCUT2D eigenvalue weighted by Crippen LogP contribution is -2.28. The lowest BCUT2D eigenvalue weighted by molar-refractivity contribution is 0.0947. The fraction of sp³-hybridized carbons (Fsp3) is 0.312. The molecule has 6 heteroatoms. The van der Waals surface area contributed by atoms with E-state index in [4.69, 9.17) is 0 Å². The van der Waals surface area contributed by atoms with Crippen LogP contribution < -0.4 is 5.32 Å². The van der Waals surface area contributed by atoms with Gasteiger partial charge in [0.2, 0.25) is 0 Å². The second kappa shape index (κ2) is 5.63. The molecule has 0 radical (unpaired) electrons. The maximum absolute atomic E-state index is 12.3. The topological polar surface area (TPSA) is 75.6 Å². The Hall–Kier alpha value is -2.63. The molecule has 0 unspecified atom stereocenters. The number of aromatic amines is 1. The molecule has 0 atom stereocenters. The summed E-state index contributed by atoms with van der Waals surface area (Å²) in [6.45, 7) is 6.84. The smallest absolute Gasteiger partial charge is 0.268 e. The average Bonchev–Trinajstić information content (AvgIpc) is 2.99. The number of hydrogen-bond donors (Lipinski definition) is 2. The van der Waals surface area contributed by atoms with Gasteiger partial charge in [-0.25, -0.2) is 9.67 Å². The van der Waals surface area contributed by atoms with Crippen LogP contribution in [0.25, 0.3) is 10.9 Å². The van der Waals surface area contributed by atoms with Crippen LogP contribution >= 0.6 is 0 Å². The van der Waals surface area contributed by atoms with Gasteiger partial charge in [-0.2, -0.15) is 5.10 Å². The molecule has 6 nitrogen and oxygen atoms in total. The third-order valence-electron chi connectivity index (χ3n) is 3.76. The minimum absolute atomic E-state index is 0.0943. The van der Waals surface area contributed by atoms with Crippen molar-refractivity contribution >= 4 is 16.8 Å². The van der Waals surface area contributed by atoms with Gasteiger partial charge in [-0.3, -0.25) is 4.79 Å². The number of aromatic nitrogens is 4. The van der Waals surface area contributed by atoms with Gasteiger partial charge >= 0.3 is 0 Å². The maximum atomic E-state index is 12.3. The highest BCUT2D eigenvalue weighted by Gasteiger charge is 2.14. The molecule has 1 amide bonds. The first kappa shape index (κ1) is 14.3. The van der Waals surface area contributed by atoms with E-state index in [1.165, 1.54) is 0 Å². The molecule has 2 N–H and O–H groups in total. The number of carbonyl (C=O) groups excluding carboxylic acids is 1. The maximum Gasteiger partial charge on any atom is 0.268 e. The van der Waals surface area contributed by atoms with Crippen LogP contribution in [0.3, 0.4) is 0 Å². The number of nitrogens with zero attached hydrogens (tertiary/aromatic N) is 3. The number of nitrogens with one attached hydrogen (secondary N) is 2. The van der Waals surface area contributed by atoms with Crippen LogP contribution in [0.1, 0.15) is 27.7 Å². The third-order valence-corrected chi connectivity index (χ3v) is 3.76. The molecule has 3 rings (SSSR count). The predicted molar refractivity (Wildman–Crippen MR) is 84.9 cm³/mol. The van der Waals surface area contributed by atoms with E-state index in [1.807, 2.05) is 45.0 Å². The number of amides is 1. The zero-order valence-electron chi connectivity index (χ0n) is 13.0. The van der Waals surface area contributed by atoms with Crippen molar-refractivity contribution in [2.75, 3.05) is 6.54 Å². The van der Waals surface area contributed by atoms with Gasteiger partial charge in [-0.15, -0.1) is 0 Å². The summed E-state index contributed by atoms with van der Waals surface area (Å²) in [5.41, 5.74) is 2.57. The van der Waals surface area contributed by atoms with Gasteiger partial charge in [0.25, 0.3) is 5.91 Å². The van der Waals surface area contributed by atoms with Crippen molar-refractivity contribution in [3.8, 4) is 0 Å². The van der Waals surface area contributed by atoms with E-state index in [2.05, 4.69) is 20.4 Å². The number of para-hydroxylation sites is 1. The third kappa shape index (κ3) is 2.59. The average molecular weight is 297 g/mol. The van der Waals surface area contributed by atoms with Crippen LogP contribution in [0, 0.1) is 20.8 Å². The summed E-state index contributed by atoms with van der Waals surface area (Å²) in [5.74, 6) is 1.51. The van der Waals surface area contributed by atoms with Gasteiger partial charge < -0.3 is 10.3 Å². The Bertz CT molecular complexity index is 830. The standard InChI is InChI=1S/C16H19N5O/c1-10-13-6-4-5-7-14(13)19-15(10)16(22)17-8-9-21-12(3)18-11(2)20-21/h4-7,19H,8-9H2,1-3H3,(H,17,22). The van der Waals surface area contributed by atoms with E-state index < -0.39 is 0 Å². The van der Waals surface area contributed by atoms with Crippen molar-refractivity contribution < 1.29 is 4.79 Å². The normalized spacial score (nSPS) is 11.0.